The largest absolute Gasteiger partial charge is 0.486 e. The smallest absolute Gasteiger partial charge is 0.331 e. The van der Waals surface area contributed by atoms with E-state index in [2.05, 4.69) is 5.32 Å². The summed E-state index contributed by atoms with van der Waals surface area (Å²) in [5.74, 6) is -0.986. The van der Waals surface area contributed by atoms with Crippen molar-refractivity contribution in [3.63, 3.8) is 0 Å². The Morgan fingerprint density at radius 3 is 2.50 bits per heavy atom. The van der Waals surface area contributed by atoms with Gasteiger partial charge in [-0.05, 0) is 80.8 Å². The molecule has 0 radical (unpaired) electrons. The van der Waals surface area contributed by atoms with Crippen molar-refractivity contribution in [2.45, 2.75) is 57.1 Å². The van der Waals surface area contributed by atoms with Gasteiger partial charge in [0.2, 0.25) is 0 Å². The molecule has 1 unspecified atom stereocenters. The first-order valence-corrected chi connectivity index (χ1v) is 11.4. The van der Waals surface area contributed by atoms with Crippen molar-refractivity contribution in [1.82, 2.24) is 5.32 Å². The quantitative estimate of drug-likeness (QED) is 0.473. The highest BCUT2D eigenvalue weighted by molar-refractivity contribution is 6.42. The third kappa shape index (κ3) is 4.71. The van der Waals surface area contributed by atoms with Crippen molar-refractivity contribution in [2.75, 3.05) is 6.61 Å². The highest BCUT2D eigenvalue weighted by Gasteiger charge is 2.53. The second kappa shape index (κ2) is 8.91. The fraction of sp³-hybridized carbons (Fsp3) is 0.417. The molecule has 0 saturated heterocycles. The van der Waals surface area contributed by atoms with Gasteiger partial charge in [-0.3, -0.25) is 4.79 Å². The summed E-state index contributed by atoms with van der Waals surface area (Å²) in [6.45, 7) is 3.75. The zero-order valence-electron chi connectivity index (χ0n) is 17.8. The molecule has 5 nitrogen and oxygen atoms in total. The SMILES string of the molecule is CCOC(=O)C1(NC(=O)c2cc(C3CC3)c(C(C)Oc3ccc(Cl)c(Cl)c3)cc2F)CC1. The maximum atomic E-state index is 15.1. The molecule has 2 aromatic rings. The van der Waals surface area contributed by atoms with Crippen molar-refractivity contribution < 1.29 is 23.5 Å². The van der Waals surface area contributed by atoms with Gasteiger partial charge in [-0.2, -0.15) is 0 Å². The molecule has 1 atom stereocenters. The molecular formula is C24H24Cl2FNO4. The molecule has 32 heavy (non-hydrogen) atoms. The zero-order valence-corrected chi connectivity index (χ0v) is 19.4. The Bertz CT molecular complexity index is 1070. The van der Waals surface area contributed by atoms with E-state index in [1.54, 1.807) is 31.2 Å². The number of hydrogen-bond acceptors (Lipinski definition) is 4. The van der Waals surface area contributed by atoms with Gasteiger partial charge in [0.15, 0.2) is 0 Å². The molecule has 0 bridgehead atoms. The van der Waals surface area contributed by atoms with Crippen LogP contribution in [0.25, 0.3) is 0 Å². The van der Waals surface area contributed by atoms with Crippen molar-refractivity contribution >= 4 is 35.1 Å². The minimum absolute atomic E-state index is 0.0760. The number of benzene rings is 2. The number of carbonyl (C=O) groups is 2. The van der Waals surface area contributed by atoms with Gasteiger partial charge in [-0.25, -0.2) is 9.18 Å². The number of carbonyl (C=O) groups excluding carboxylic acids is 2. The first kappa shape index (κ1) is 22.9. The van der Waals surface area contributed by atoms with E-state index in [0.717, 1.165) is 18.4 Å². The van der Waals surface area contributed by atoms with Gasteiger partial charge in [0, 0.05) is 6.07 Å². The predicted octanol–water partition coefficient (Wildman–Crippen LogP) is 5.98. The summed E-state index contributed by atoms with van der Waals surface area (Å²) in [7, 11) is 0. The number of nitrogens with one attached hydrogen (secondary N) is 1. The van der Waals surface area contributed by atoms with E-state index in [0.29, 0.717) is 34.2 Å². The molecule has 4 rings (SSSR count). The lowest BCUT2D eigenvalue weighted by Gasteiger charge is -2.21. The second-order valence-corrected chi connectivity index (χ2v) is 9.14. The Morgan fingerprint density at radius 2 is 1.91 bits per heavy atom. The van der Waals surface area contributed by atoms with E-state index in [1.165, 1.54) is 6.07 Å². The Kier molecular flexibility index (Phi) is 6.37. The molecule has 8 heteroatoms. The molecule has 0 heterocycles. The van der Waals surface area contributed by atoms with Crippen LogP contribution in [0.2, 0.25) is 10.0 Å². The minimum atomic E-state index is -1.04. The number of hydrogen-bond donors (Lipinski definition) is 1. The van der Waals surface area contributed by atoms with Gasteiger partial charge in [-0.15, -0.1) is 0 Å². The van der Waals surface area contributed by atoms with Gasteiger partial charge in [0.05, 0.1) is 22.2 Å². The Balaban J connectivity index is 1.58. The molecule has 1 N–H and O–H groups in total. The van der Waals surface area contributed by atoms with Crippen LogP contribution in [0.1, 0.15) is 73.0 Å². The van der Waals surface area contributed by atoms with Crippen LogP contribution in [0, 0.1) is 5.82 Å². The topological polar surface area (TPSA) is 64.6 Å². The summed E-state index contributed by atoms with van der Waals surface area (Å²) in [5.41, 5.74) is 0.444. The molecule has 170 valence electrons. The highest BCUT2D eigenvalue weighted by atomic mass is 35.5. The third-order valence-electron chi connectivity index (χ3n) is 5.85. The maximum absolute atomic E-state index is 15.1. The van der Waals surface area contributed by atoms with Gasteiger partial charge < -0.3 is 14.8 Å². The Morgan fingerprint density at radius 1 is 1.19 bits per heavy atom. The number of rotatable bonds is 8. The molecule has 2 aromatic carbocycles. The molecule has 1 amide bonds. The van der Waals surface area contributed by atoms with E-state index in [-0.39, 0.29) is 18.1 Å². The lowest BCUT2D eigenvalue weighted by atomic mass is 9.95. The van der Waals surface area contributed by atoms with Crippen LogP contribution in [0.4, 0.5) is 4.39 Å². The molecule has 0 aromatic heterocycles. The van der Waals surface area contributed by atoms with E-state index >= 15 is 4.39 Å². The lowest BCUT2D eigenvalue weighted by molar-refractivity contribution is -0.146. The van der Waals surface area contributed by atoms with Crippen molar-refractivity contribution in [2.24, 2.45) is 0 Å². The molecule has 0 spiro atoms. The van der Waals surface area contributed by atoms with Crippen LogP contribution in [0.15, 0.2) is 30.3 Å². The van der Waals surface area contributed by atoms with E-state index in [1.807, 2.05) is 6.92 Å². The van der Waals surface area contributed by atoms with Crippen LogP contribution in [-0.4, -0.2) is 24.0 Å². The fourth-order valence-electron chi connectivity index (χ4n) is 3.76. The monoisotopic (exact) mass is 479 g/mol. The average molecular weight is 480 g/mol. The summed E-state index contributed by atoms with van der Waals surface area (Å²) in [6, 6.07) is 7.89. The summed E-state index contributed by atoms with van der Waals surface area (Å²) in [5, 5.41) is 3.47. The lowest BCUT2D eigenvalue weighted by Crippen LogP contribution is -2.44. The highest BCUT2D eigenvalue weighted by Crippen LogP contribution is 2.45. The van der Waals surface area contributed by atoms with Crippen LogP contribution in [-0.2, 0) is 9.53 Å². The van der Waals surface area contributed by atoms with Crippen molar-refractivity contribution in [3.8, 4) is 5.75 Å². The van der Waals surface area contributed by atoms with Gasteiger partial charge in [-0.1, -0.05) is 23.2 Å². The molecular weight excluding hydrogens is 456 g/mol. The molecule has 2 aliphatic rings. The molecule has 2 aliphatic carbocycles. The Hall–Kier alpha value is -2.31. The summed E-state index contributed by atoms with van der Waals surface area (Å²) >= 11 is 12.0. The molecule has 2 saturated carbocycles. The predicted molar refractivity (Wildman–Crippen MR) is 120 cm³/mol. The van der Waals surface area contributed by atoms with Crippen molar-refractivity contribution in [1.29, 1.82) is 0 Å². The standard InChI is InChI=1S/C24H24Cl2FNO4/c1-3-31-23(30)24(8-9-24)28-22(29)18-11-17(14-4-5-14)16(12-21(18)27)13(2)32-15-6-7-19(25)20(26)10-15/h6-7,10-14H,3-5,8-9H2,1-2H3,(H,28,29). The Labute approximate surface area is 196 Å². The second-order valence-electron chi connectivity index (χ2n) is 8.33. The van der Waals surface area contributed by atoms with Gasteiger partial charge >= 0.3 is 5.97 Å². The van der Waals surface area contributed by atoms with Crippen LogP contribution >= 0.6 is 23.2 Å². The normalized spacial score (nSPS) is 17.4. The number of ether oxygens (including phenoxy) is 2. The fourth-order valence-corrected chi connectivity index (χ4v) is 4.04. The third-order valence-corrected chi connectivity index (χ3v) is 6.58. The van der Waals surface area contributed by atoms with Crippen LogP contribution in [0.5, 0.6) is 5.75 Å². The van der Waals surface area contributed by atoms with E-state index < -0.39 is 29.3 Å². The van der Waals surface area contributed by atoms with Crippen molar-refractivity contribution in [3.05, 3.63) is 62.9 Å². The summed E-state index contributed by atoms with van der Waals surface area (Å²) in [6.07, 6.45) is 2.43. The molecule has 2 fully saturated rings. The first-order chi connectivity index (χ1) is 15.2. The first-order valence-electron chi connectivity index (χ1n) is 10.7. The number of esters is 1. The van der Waals surface area contributed by atoms with E-state index in [4.69, 9.17) is 32.7 Å². The van der Waals surface area contributed by atoms with Crippen LogP contribution < -0.4 is 10.1 Å². The molecule has 0 aliphatic heterocycles. The minimum Gasteiger partial charge on any atom is -0.486 e. The zero-order chi connectivity index (χ0) is 23.0. The number of amides is 1. The number of halogens is 3. The maximum Gasteiger partial charge on any atom is 0.331 e. The average Bonchev–Trinajstić information content (AvgIpc) is 3.66. The van der Waals surface area contributed by atoms with E-state index in [9.17, 15) is 9.59 Å². The summed E-state index contributed by atoms with van der Waals surface area (Å²) < 4.78 is 26.1. The summed E-state index contributed by atoms with van der Waals surface area (Å²) in [4.78, 5) is 25.0. The van der Waals surface area contributed by atoms with Crippen LogP contribution in [0.3, 0.4) is 0 Å². The van der Waals surface area contributed by atoms with Gasteiger partial charge in [0.1, 0.15) is 23.2 Å². The van der Waals surface area contributed by atoms with Gasteiger partial charge in [0.25, 0.3) is 5.91 Å².